The van der Waals surface area contributed by atoms with Gasteiger partial charge in [0.15, 0.2) is 0 Å². The Bertz CT molecular complexity index is 870. The monoisotopic (exact) mass is 424 g/mol. The van der Waals surface area contributed by atoms with Gasteiger partial charge in [-0.05, 0) is 43.5 Å². The Labute approximate surface area is 174 Å². The summed E-state index contributed by atoms with van der Waals surface area (Å²) < 4.78 is 42.5. The SMILES string of the molecule is Cc1nn(C)c(C)c1CCC(=O)N1CCN(Cc2ccc(OC(F)(F)F)cc2)CC1. The quantitative estimate of drug-likeness (QED) is 0.715. The average Bonchev–Trinajstić information content (AvgIpc) is 2.92. The minimum Gasteiger partial charge on any atom is -0.406 e. The van der Waals surface area contributed by atoms with Crippen LogP contribution in [0.4, 0.5) is 13.2 Å². The van der Waals surface area contributed by atoms with Gasteiger partial charge in [0.05, 0.1) is 5.69 Å². The van der Waals surface area contributed by atoms with E-state index in [9.17, 15) is 18.0 Å². The van der Waals surface area contributed by atoms with Gasteiger partial charge in [-0.3, -0.25) is 14.4 Å². The minimum atomic E-state index is -4.68. The van der Waals surface area contributed by atoms with E-state index < -0.39 is 6.36 Å². The molecule has 0 bridgehead atoms. The van der Waals surface area contributed by atoms with E-state index in [2.05, 4.69) is 14.7 Å². The number of amides is 1. The molecule has 6 nitrogen and oxygen atoms in total. The van der Waals surface area contributed by atoms with Gasteiger partial charge < -0.3 is 9.64 Å². The molecule has 30 heavy (non-hydrogen) atoms. The molecule has 0 spiro atoms. The third-order valence-electron chi connectivity index (χ3n) is 5.54. The largest absolute Gasteiger partial charge is 0.573 e. The molecule has 1 aromatic carbocycles. The summed E-state index contributed by atoms with van der Waals surface area (Å²) in [6.45, 7) is 7.38. The number of aromatic nitrogens is 2. The Hall–Kier alpha value is -2.55. The Balaban J connectivity index is 1.44. The molecule has 1 aliphatic heterocycles. The summed E-state index contributed by atoms with van der Waals surface area (Å²) in [5, 5.41) is 4.40. The molecule has 0 radical (unpaired) electrons. The number of piperazine rings is 1. The lowest BCUT2D eigenvalue weighted by atomic mass is 10.1. The van der Waals surface area contributed by atoms with Crippen LogP contribution in [0.2, 0.25) is 0 Å². The second-order valence-corrected chi connectivity index (χ2v) is 7.62. The van der Waals surface area contributed by atoms with E-state index in [0.29, 0.717) is 32.5 Å². The summed E-state index contributed by atoms with van der Waals surface area (Å²) in [6, 6.07) is 5.92. The molecule has 1 saturated heterocycles. The number of nitrogens with zero attached hydrogens (tertiary/aromatic N) is 4. The van der Waals surface area contributed by atoms with Crippen LogP contribution < -0.4 is 4.74 Å². The molecule has 2 heterocycles. The third-order valence-corrected chi connectivity index (χ3v) is 5.54. The number of carbonyl (C=O) groups is 1. The first-order valence-electron chi connectivity index (χ1n) is 9.96. The van der Waals surface area contributed by atoms with Crippen LogP contribution in [0, 0.1) is 13.8 Å². The van der Waals surface area contributed by atoms with Crippen LogP contribution in [0.15, 0.2) is 24.3 Å². The third kappa shape index (κ3) is 5.75. The van der Waals surface area contributed by atoms with Crippen LogP contribution in [-0.2, 0) is 24.8 Å². The van der Waals surface area contributed by atoms with E-state index in [-0.39, 0.29) is 11.7 Å². The van der Waals surface area contributed by atoms with Gasteiger partial charge in [-0.1, -0.05) is 12.1 Å². The molecule has 1 amide bonds. The number of carbonyl (C=O) groups excluding carboxylic acids is 1. The summed E-state index contributed by atoms with van der Waals surface area (Å²) in [6.07, 6.45) is -3.52. The van der Waals surface area contributed by atoms with Crippen molar-refractivity contribution in [1.82, 2.24) is 19.6 Å². The van der Waals surface area contributed by atoms with E-state index >= 15 is 0 Å². The van der Waals surface area contributed by atoms with E-state index in [1.54, 1.807) is 12.1 Å². The zero-order valence-corrected chi connectivity index (χ0v) is 17.5. The molecule has 1 fully saturated rings. The van der Waals surface area contributed by atoms with Crippen molar-refractivity contribution in [3.05, 3.63) is 46.8 Å². The fourth-order valence-corrected chi connectivity index (χ4v) is 3.78. The standard InChI is InChI=1S/C21H27F3N4O2/c1-15-19(16(2)26(3)25-15)8-9-20(29)28-12-10-27(11-13-28)14-17-4-6-18(7-5-17)30-21(22,23)24/h4-7H,8-14H2,1-3H3. The molecule has 0 saturated carbocycles. The van der Waals surface area contributed by atoms with Crippen molar-refractivity contribution in [3.8, 4) is 5.75 Å². The molecule has 0 aliphatic carbocycles. The first-order valence-corrected chi connectivity index (χ1v) is 9.96. The van der Waals surface area contributed by atoms with Gasteiger partial charge in [-0.15, -0.1) is 13.2 Å². The van der Waals surface area contributed by atoms with E-state index in [4.69, 9.17) is 0 Å². The predicted octanol–water partition coefficient (Wildman–Crippen LogP) is 3.21. The average molecular weight is 424 g/mol. The van der Waals surface area contributed by atoms with Crippen molar-refractivity contribution in [1.29, 1.82) is 0 Å². The Morgan fingerprint density at radius 3 is 2.27 bits per heavy atom. The number of hydrogen-bond acceptors (Lipinski definition) is 4. The van der Waals surface area contributed by atoms with Crippen LogP contribution in [0.3, 0.4) is 0 Å². The summed E-state index contributed by atoms with van der Waals surface area (Å²) >= 11 is 0. The Morgan fingerprint density at radius 1 is 1.10 bits per heavy atom. The topological polar surface area (TPSA) is 50.6 Å². The summed E-state index contributed by atoms with van der Waals surface area (Å²) in [5.74, 6) is -0.0771. The van der Waals surface area contributed by atoms with Crippen molar-refractivity contribution in [2.45, 2.75) is 39.6 Å². The number of ether oxygens (including phenoxy) is 1. The Morgan fingerprint density at radius 2 is 1.73 bits per heavy atom. The molecule has 2 aromatic rings. The van der Waals surface area contributed by atoms with E-state index in [1.807, 2.05) is 30.5 Å². The number of hydrogen-bond donors (Lipinski definition) is 0. The molecular formula is C21H27F3N4O2. The van der Waals surface area contributed by atoms with Crippen LogP contribution in [0.5, 0.6) is 5.75 Å². The first-order chi connectivity index (χ1) is 14.1. The van der Waals surface area contributed by atoms with Gasteiger partial charge in [0.2, 0.25) is 5.91 Å². The molecule has 164 valence electrons. The predicted molar refractivity (Wildman–Crippen MR) is 106 cm³/mol. The highest BCUT2D eigenvalue weighted by molar-refractivity contribution is 5.76. The van der Waals surface area contributed by atoms with Crippen LogP contribution in [0.1, 0.15) is 28.9 Å². The van der Waals surface area contributed by atoms with Crippen molar-refractivity contribution in [2.24, 2.45) is 7.05 Å². The molecule has 1 aliphatic rings. The maximum absolute atomic E-state index is 12.6. The van der Waals surface area contributed by atoms with Crippen LogP contribution >= 0.6 is 0 Å². The van der Waals surface area contributed by atoms with Gasteiger partial charge in [0, 0.05) is 51.9 Å². The van der Waals surface area contributed by atoms with Gasteiger partial charge >= 0.3 is 6.36 Å². The van der Waals surface area contributed by atoms with E-state index in [1.165, 1.54) is 12.1 Å². The van der Waals surface area contributed by atoms with Crippen LogP contribution in [0.25, 0.3) is 0 Å². The molecule has 1 aromatic heterocycles. The molecule has 0 unspecified atom stereocenters. The summed E-state index contributed by atoms with van der Waals surface area (Å²) in [7, 11) is 1.91. The smallest absolute Gasteiger partial charge is 0.406 e. The normalized spacial score (nSPS) is 15.5. The zero-order chi connectivity index (χ0) is 21.9. The van der Waals surface area contributed by atoms with Gasteiger partial charge in [0.1, 0.15) is 5.75 Å². The van der Waals surface area contributed by atoms with Gasteiger partial charge in [0.25, 0.3) is 0 Å². The lowest BCUT2D eigenvalue weighted by molar-refractivity contribution is -0.274. The maximum Gasteiger partial charge on any atom is 0.573 e. The van der Waals surface area contributed by atoms with Crippen molar-refractivity contribution >= 4 is 5.91 Å². The van der Waals surface area contributed by atoms with Gasteiger partial charge in [-0.2, -0.15) is 5.10 Å². The van der Waals surface area contributed by atoms with Crippen molar-refractivity contribution < 1.29 is 22.7 Å². The molecule has 0 atom stereocenters. The van der Waals surface area contributed by atoms with Crippen LogP contribution in [-0.4, -0.2) is 58.0 Å². The lowest BCUT2D eigenvalue weighted by Crippen LogP contribution is -2.48. The molecule has 9 heteroatoms. The zero-order valence-electron chi connectivity index (χ0n) is 17.5. The number of rotatable bonds is 6. The second-order valence-electron chi connectivity index (χ2n) is 7.62. The first kappa shape index (κ1) is 22.1. The maximum atomic E-state index is 12.6. The minimum absolute atomic E-state index is 0.144. The highest BCUT2D eigenvalue weighted by Crippen LogP contribution is 2.23. The molecule has 0 N–H and O–H groups in total. The number of alkyl halides is 3. The lowest BCUT2D eigenvalue weighted by Gasteiger charge is -2.35. The number of benzene rings is 1. The summed E-state index contributed by atoms with van der Waals surface area (Å²) in [5.41, 5.74) is 4.12. The van der Waals surface area contributed by atoms with E-state index in [0.717, 1.165) is 35.6 Å². The summed E-state index contributed by atoms with van der Waals surface area (Å²) in [4.78, 5) is 16.7. The second kappa shape index (κ2) is 9.07. The van der Waals surface area contributed by atoms with Crippen molar-refractivity contribution in [2.75, 3.05) is 26.2 Å². The van der Waals surface area contributed by atoms with Crippen molar-refractivity contribution in [3.63, 3.8) is 0 Å². The highest BCUT2D eigenvalue weighted by Gasteiger charge is 2.31. The highest BCUT2D eigenvalue weighted by atomic mass is 19.4. The molecule has 3 rings (SSSR count). The van der Waals surface area contributed by atoms with Gasteiger partial charge in [-0.25, -0.2) is 0 Å². The Kier molecular flexibility index (Phi) is 6.70. The molecular weight excluding hydrogens is 397 g/mol. The fourth-order valence-electron chi connectivity index (χ4n) is 3.78. The fraction of sp³-hybridized carbons (Fsp3) is 0.524. The number of halogens is 3. The number of aryl methyl sites for hydroxylation is 2.